The summed E-state index contributed by atoms with van der Waals surface area (Å²) >= 11 is 0. The standard InChI is InChI=1S/C24H29N3O5S/c1-17(2)18-11-13-19(14-12-18)26-22(28)16-32-23(29)10-4-3-7-15-25-24-20-8-5-6-9-21(20)33(30,31)27-24/h5-6,8-9,11-14,17H,3-4,7,10,15-16H2,1-2H3,(H,25,27)(H,26,28). The van der Waals surface area contributed by atoms with Gasteiger partial charge in [-0.15, -0.1) is 0 Å². The van der Waals surface area contributed by atoms with E-state index in [9.17, 15) is 18.0 Å². The summed E-state index contributed by atoms with van der Waals surface area (Å²) in [6.07, 6.45) is 2.24. The minimum absolute atomic E-state index is 0.211. The van der Waals surface area contributed by atoms with E-state index in [1.54, 1.807) is 24.3 Å². The van der Waals surface area contributed by atoms with E-state index in [0.29, 0.717) is 42.4 Å². The molecule has 8 nitrogen and oxygen atoms in total. The first-order valence-corrected chi connectivity index (χ1v) is 12.5. The van der Waals surface area contributed by atoms with Crippen molar-refractivity contribution in [2.24, 2.45) is 4.99 Å². The van der Waals surface area contributed by atoms with Gasteiger partial charge in [0.05, 0.1) is 4.90 Å². The van der Waals surface area contributed by atoms with Crippen molar-refractivity contribution in [3.05, 3.63) is 59.7 Å². The lowest BCUT2D eigenvalue weighted by molar-refractivity contribution is -0.147. The highest BCUT2D eigenvalue weighted by atomic mass is 32.2. The fraction of sp³-hybridized carbons (Fsp3) is 0.375. The van der Waals surface area contributed by atoms with Crippen molar-refractivity contribution < 1.29 is 22.7 Å². The molecular formula is C24H29N3O5S. The summed E-state index contributed by atoms with van der Waals surface area (Å²) in [4.78, 5) is 28.4. The van der Waals surface area contributed by atoms with Gasteiger partial charge in [-0.3, -0.25) is 19.3 Å². The Bertz CT molecular complexity index is 1130. The number of hydrogen-bond acceptors (Lipinski definition) is 6. The number of carbonyl (C=O) groups is 2. The zero-order valence-corrected chi connectivity index (χ0v) is 19.7. The van der Waals surface area contributed by atoms with E-state index >= 15 is 0 Å². The average molecular weight is 472 g/mol. The lowest BCUT2D eigenvalue weighted by Gasteiger charge is -2.09. The number of ether oxygens (including phenoxy) is 1. The Morgan fingerprint density at radius 3 is 2.48 bits per heavy atom. The van der Waals surface area contributed by atoms with Crippen molar-refractivity contribution in [3.63, 3.8) is 0 Å². The van der Waals surface area contributed by atoms with Crippen molar-refractivity contribution in [2.45, 2.75) is 50.3 Å². The molecule has 1 aliphatic heterocycles. The number of amidine groups is 1. The lowest BCUT2D eigenvalue weighted by atomic mass is 10.0. The van der Waals surface area contributed by atoms with Gasteiger partial charge in [0.15, 0.2) is 6.61 Å². The molecule has 0 atom stereocenters. The van der Waals surface area contributed by atoms with Gasteiger partial charge < -0.3 is 10.1 Å². The minimum Gasteiger partial charge on any atom is -0.456 e. The molecule has 0 bridgehead atoms. The largest absolute Gasteiger partial charge is 0.456 e. The fourth-order valence-corrected chi connectivity index (χ4v) is 4.62. The summed E-state index contributed by atoms with van der Waals surface area (Å²) in [6, 6.07) is 14.3. The number of carbonyl (C=O) groups excluding carboxylic acids is 2. The molecule has 3 rings (SSSR count). The number of hydrogen-bond donors (Lipinski definition) is 2. The molecule has 0 aromatic heterocycles. The monoisotopic (exact) mass is 471 g/mol. The number of amides is 1. The number of esters is 1. The number of anilines is 1. The van der Waals surface area contributed by atoms with E-state index in [4.69, 9.17) is 4.74 Å². The summed E-state index contributed by atoms with van der Waals surface area (Å²) in [5, 5.41) is 2.71. The second-order valence-electron chi connectivity index (χ2n) is 8.13. The van der Waals surface area contributed by atoms with Crippen LogP contribution in [0.4, 0.5) is 5.69 Å². The molecule has 176 valence electrons. The van der Waals surface area contributed by atoms with Gasteiger partial charge in [0.2, 0.25) is 0 Å². The molecule has 0 saturated heterocycles. The van der Waals surface area contributed by atoms with Gasteiger partial charge in [-0.25, -0.2) is 8.42 Å². The molecule has 0 aliphatic carbocycles. The van der Waals surface area contributed by atoms with Gasteiger partial charge in [-0.05, 0) is 48.6 Å². The molecule has 2 aromatic carbocycles. The van der Waals surface area contributed by atoms with Gasteiger partial charge in [0, 0.05) is 24.2 Å². The quantitative estimate of drug-likeness (QED) is 0.406. The lowest BCUT2D eigenvalue weighted by Crippen LogP contribution is -2.22. The van der Waals surface area contributed by atoms with E-state index < -0.39 is 16.0 Å². The van der Waals surface area contributed by atoms with Crippen LogP contribution in [0.2, 0.25) is 0 Å². The molecule has 1 heterocycles. The Morgan fingerprint density at radius 1 is 1.03 bits per heavy atom. The first kappa shape index (κ1) is 24.4. The van der Waals surface area contributed by atoms with Gasteiger partial charge >= 0.3 is 5.97 Å². The number of benzene rings is 2. The summed E-state index contributed by atoms with van der Waals surface area (Å²) < 4.78 is 31.6. The maximum absolute atomic E-state index is 12.1. The smallest absolute Gasteiger partial charge is 0.306 e. The van der Waals surface area contributed by atoms with Gasteiger partial charge in [0.1, 0.15) is 5.84 Å². The van der Waals surface area contributed by atoms with Crippen molar-refractivity contribution >= 4 is 33.4 Å². The second kappa shape index (κ2) is 11.1. The van der Waals surface area contributed by atoms with Crippen molar-refractivity contribution in [1.82, 2.24) is 4.72 Å². The Balaban J connectivity index is 1.31. The number of fused-ring (bicyclic) bond motifs is 1. The van der Waals surface area contributed by atoms with E-state index in [2.05, 4.69) is 28.9 Å². The number of nitrogens with one attached hydrogen (secondary N) is 2. The molecule has 0 fully saturated rings. The molecule has 2 aromatic rings. The van der Waals surface area contributed by atoms with E-state index in [-0.39, 0.29) is 23.8 Å². The van der Waals surface area contributed by atoms with Gasteiger partial charge in [0.25, 0.3) is 15.9 Å². The Morgan fingerprint density at radius 2 is 1.76 bits per heavy atom. The molecule has 9 heteroatoms. The van der Waals surface area contributed by atoms with Crippen LogP contribution in [0, 0.1) is 0 Å². The van der Waals surface area contributed by atoms with Gasteiger partial charge in [-0.1, -0.05) is 44.5 Å². The highest BCUT2D eigenvalue weighted by Crippen LogP contribution is 2.22. The molecular weight excluding hydrogens is 442 g/mol. The Hall–Kier alpha value is -3.20. The van der Waals surface area contributed by atoms with E-state index in [0.717, 1.165) is 6.42 Å². The molecule has 0 unspecified atom stereocenters. The molecule has 0 spiro atoms. The molecule has 0 saturated carbocycles. The number of rotatable bonds is 10. The van der Waals surface area contributed by atoms with Crippen LogP contribution in [0.3, 0.4) is 0 Å². The van der Waals surface area contributed by atoms with Crippen LogP contribution in [0.1, 0.15) is 56.6 Å². The van der Waals surface area contributed by atoms with Crippen LogP contribution in [-0.4, -0.2) is 39.3 Å². The number of unbranched alkanes of at least 4 members (excludes halogenated alkanes) is 2. The van der Waals surface area contributed by atoms with Crippen LogP contribution in [0.5, 0.6) is 0 Å². The summed E-state index contributed by atoms with van der Waals surface area (Å²) in [7, 11) is -3.53. The Labute approximate surface area is 194 Å². The first-order valence-electron chi connectivity index (χ1n) is 11.0. The summed E-state index contributed by atoms with van der Waals surface area (Å²) in [6.45, 7) is 4.32. The normalized spacial score (nSPS) is 15.2. The number of aliphatic imine (C=N–C) groups is 1. The molecule has 1 amide bonds. The van der Waals surface area contributed by atoms with Crippen LogP contribution in [0.25, 0.3) is 0 Å². The third-order valence-corrected chi connectivity index (χ3v) is 6.59. The van der Waals surface area contributed by atoms with Crippen molar-refractivity contribution in [2.75, 3.05) is 18.5 Å². The highest BCUT2D eigenvalue weighted by Gasteiger charge is 2.29. The average Bonchev–Trinajstić information content (AvgIpc) is 3.05. The zero-order valence-electron chi connectivity index (χ0n) is 18.8. The number of nitrogens with zero attached hydrogens (tertiary/aromatic N) is 1. The minimum atomic E-state index is -3.53. The first-order chi connectivity index (χ1) is 15.8. The molecule has 2 N–H and O–H groups in total. The molecule has 1 aliphatic rings. The summed E-state index contributed by atoms with van der Waals surface area (Å²) in [5.41, 5.74) is 2.42. The predicted molar refractivity (Wildman–Crippen MR) is 127 cm³/mol. The van der Waals surface area contributed by atoms with Crippen LogP contribution in [0.15, 0.2) is 58.4 Å². The molecule has 0 radical (unpaired) electrons. The second-order valence-corrected chi connectivity index (χ2v) is 9.78. The zero-order chi connectivity index (χ0) is 23.8. The Kier molecular flexibility index (Phi) is 8.21. The summed E-state index contributed by atoms with van der Waals surface area (Å²) in [5.74, 6) is -0.0369. The highest BCUT2D eigenvalue weighted by molar-refractivity contribution is 7.90. The van der Waals surface area contributed by atoms with E-state index in [1.807, 2.05) is 24.3 Å². The fourth-order valence-electron chi connectivity index (χ4n) is 3.37. The molecule has 33 heavy (non-hydrogen) atoms. The maximum Gasteiger partial charge on any atom is 0.306 e. The predicted octanol–water partition coefficient (Wildman–Crippen LogP) is 3.59. The van der Waals surface area contributed by atoms with E-state index in [1.165, 1.54) is 5.56 Å². The van der Waals surface area contributed by atoms with Crippen LogP contribution >= 0.6 is 0 Å². The third-order valence-electron chi connectivity index (χ3n) is 5.20. The SMILES string of the molecule is CC(C)c1ccc(NC(=O)COC(=O)CCCCCN=C2NS(=O)(=O)c3ccccc32)cc1. The van der Waals surface area contributed by atoms with Gasteiger partial charge in [-0.2, -0.15) is 0 Å². The number of sulfonamides is 1. The van der Waals surface area contributed by atoms with Crippen LogP contribution < -0.4 is 10.0 Å². The topological polar surface area (TPSA) is 114 Å². The third kappa shape index (κ3) is 6.89. The maximum atomic E-state index is 12.1. The van der Waals surface area contributed by atoms with Crippen LogP contribution in [-0.2, 0) is 24.3 Å². The van der Waals surface area contributed by atoms with Crippen molar-refractivity contribution in [1.29, 1.82) is 0 Å². The van der Waals surface area contributed by atoms with Crippen molar-refractivity contribution in [3.8, 4) is 0 Å².